The molecule has 224 valence electrons. The molecular weight excluding hydrogens is 524 g/mol. The lowest BCUT2D eigenvalue weighted by Crippen LogP contribution is -2.51. The average molecular weight is 571 g/mol. The van der Waals surface area contributed by atoms with E-state index in [-0.39, 0.29) is 28.4 Å². The van der Waals surface area contributed by atoms with E-state index in [9.17, 15) is 19.8 Å². The van der Waals surface area contributed by atoms with Gasteiger partial charge in [-0.25, -0.2) is 0 Å². The van der Waals surface area contributed by atoms with Crippen LogP contribution in [0.1, 0.15) is 84.1 Å². The molecule has 4 aliphatic carbocycles. The van der Waals surface area contributed by atoms with Crippen LogP contribution < -0.4 is 4.90 Å². The summed E-state index contributed by atoms with van der Waals surface area (Å²) in [6, 6.07) is 8.94. The zero-order valence-electron chi connectivity index (χ0n) is 25.7. The third-order valence-electron chi connectivity index (χ3n) is 11.0. The molecule has 5 atom stereocenters. The smallest absolute Gasteiger partial charge is 0.248 e. The second-order valence-corrected chi connectivity index (χ2v) is 14.5. The van der Waals surface area contributed by atoms with Crippen molar-refractivity contribution in [3.8, 4) is 11.8 Å². The summed E-state index contributed by atoms with van der Waals surface area (Å²) in [5, 5.41) is 21.4. The van der Waals surface area contributed by atoms with E-state index < -0.39 is 12.2 Å². The molecule has 42 heavy (non-hydrogen) atoms. The van der Waals surface area contributed by atoms with E-state index in [1.807, 2.05) is 6.08 Å². The molecule has 1 aromatic rings. The zero-order valence-corrected chi connectivity index (χ0v) is 25.7. The maximum atomic E-state index is 12.4. The summed E-state index contributed by atoms with van der Waals surface area (Å²) < 4.78 is 0. The minimum absolute atomic E-state index is 0.169. The lowest BCUT2D eigenvalue weighted by Gasteiger charge is -2.53. The first-order chi connectivity index (χ1) is 19.9. The highest BCUT2D eigenvalue weighted by Gasteiger charge is 2.62. The van der Waals surface area contributed by atoms with E-state index >= 15 is 0 Å². The highest BCUT2D eigenvalue weighted by atomic mass is 16.3. The molecule has 0 unspecified atom stereocenters. The van der Waals surface area contributed by atoms with Crippen molar-refractivity contribution in [2.24, 2.45) is 22.7 Å². The number of carbonyl (C=O) groups excluding carboxylic acids is 2. The molecule has 0 aromatic heterocycles. The molecule has 0 spiro atoms. The minimum Gasteiger partial charge on any atom is -0.387 e. The molecule has 0 radical (unpaired) electrons. The average Bonchev–Trinajstić information content (AvgIpc) is 3.25. The van der Waals surface area contributed by atoms with Crippen LogP contribution in [0, 0.1) is 34.5 Å². The van der Waals surface area contributed by atoms with Gasteiger partial charge in [0.25, 0.3) is 0 Å². The predicted octanol–water partition coefficient (Wildman–Crippen LogP) is 5.01. The van der Waals surface area contributed by atoms with Crippen LogP contribution in [0.2, 0.25) is 0 Å². The number of anilines is 1. The first kappa shape index (κ1) is 29.2. The van der Waals surface area contributed by atoms with Gasteiger partial charge in [0.05, 0.1) is 0 Å². The van der Waals surface area contributed by atoms with Gasteiger partial charge in [0.15, 0.2) is 5.78 Å². The van der Waals surface area contributed by atoms with Crippen molar-refractivity contribution in [1.82, 2.24) is 4.90 Å². The van der Waals surface area contributed by atoms with Crippen LogP contribution in [-0.4, -0.2) is 65.2 Å². The largest absolute Gasteiger partial charge is 0.387 e. The number of fused-ring (bicyclic) bond motifs is 4. The van der Waals surface area contributed by atoms with E-state index in [0.29, 0.717) is 37.8 Å². The quantitative estimate of drug-likeness (QED) is 0.500. The van der Waals surface area contributed by atoms with Crippen LogP contribution in [0.5, 0.6) is 0 Å². The predicted molar refractivity (Wildman–Crippen MR) is 165 cm³/mol. The number of carbonyl (C=O) groups is 2. The Morgan fingerprint density at radius 2 is 1.76 bits per heavy atom. The van der Waals surface area contributed by atoms with Crippen LogP contribution >= 0.6 is 0 Å². The van der Waals surface area contributed by atoms with E-state index in [4.69, 9.17) is 0 Å². The Morgan fingerprint density at radius 1 is 1.05 bits per heavy atom. The molecule has 1 aliphatic heterocycles. The van der Waals surface area contributed by atoms with Crippen molar-refractivity contribution in [3.63, 3.8) is 0 Å². The van der Waals surface area contributed by atoms with Gasteiger partial charge >= 0.3 is 0 Å². The molecule has 5 aliphatic rings. The van der Waals surface area contributed by atoms with Crippen LogP contribution in [-0.2, 0) is 9.59 Å². The van der Waals surface area contributed by atoms with Crippen LogP contribution in [0.3, 0.4) is 0 Å². The Bertz CT molecular complexity index is 1380. The third kappa shape index (κ3) is 5.03. The van der Waals surface area contributed by atoms with Gasteiger partial charge in [-0.05, 0) is 106 Å². The molecule has 6 nitrogen and oxygen atoms in total. The van der Waals surface area contributed by atoms with E-state index in [1.54, 1.807) is 4.90 Å². The Morgan fingerprint density at radius 3 is 2.43 bits per heavy atom. The summed E-state index contributed by atoms with van der Waals surface area (Å²) in [6.07, 6.45) is 7.88. The Labute approximate surface area is 250 Å². The number of amides is 1. The van der Waals surface area contributed by atoms with Gasteiger partial charge in [-0.2, -0.15) is 0 Å². The molecule has 6 heteroatoms. The first-order valence-electron chi connectivity index (χ1n) is 15.9. The molecule has 1 heterocycles. The molecule has 0 bridgehead atoms. The van der Waals surface area contributed by atoms with Crippen molar-refractivity contribution in [3.05, 3.63) is 52.6 Å². The third-order valence-corrected chi connectivity index (χ3v) is 11.0. The van der Waals surface area contributed by atoms with Gasteiger partial charge in [-0.1, -0.05) is 36.5 Å². The molecule has 3 fully saturated rings. The summed E-state index contributed by atoms with van der Waals surface area (Å²) in [5.74, 6) is 7.82. The van der Waals surface area contributed by atoms with Gasteiger partial charge in [-0.15, -0.1) is 0 Å². The lowest BCUT2D eigenvalue weighted by molar-refractivity contribution is -0.134. The number of allylic oxidation sites excluding steroid dienone is 4. The topological polar surface area (TPSA) is 81.1 Å². The zero-order chi connectivity index (χ0) is 29.9. The summed E-state index contributed by atoms with van der Waals surface area (Å²) in [7, 11) is 0. The second-order valence-electron chi connectivity index (χ2n) is 14.5. The molecule has 1 aromatic carbocycles. The fraction of sp³-hybridized carbons (Fsp3) is 0.611. The molecular formula is C36H46N2O4. The van der Waals surface area contributed by atoms with Crippen LogP contribution in [0.4, 0.5) is 5.69 Å². The number of piperazine rings is 1. The van der Waals surface area contributed by atoms with Gasteiger partial charge < -0.3 is 20.0 Å². The number of nitrogens with zero attached hydrogens (tertiary/aromatic N) is 2. The Kier molecular flexibility index (Phi) is 7.43. The Balaban J connectivity index is 1.36. The lowest BCUT2D eigenvalue weighted by atomic mass is 9.51. The maximum absolute atomic E-state index is 12.4. The Hall–Kier alpha value is -2.88. The van der Waals surface area contributed by atoms with Gasteiger partial charge in [0.1, 0.15) is 12.2 Å². The number of hydrogen-bond acceptors (Lipinski definition) is 5. The summed E-state index contributed by atoms with van der Waals surface area (Å²) in [5.41, 5.74) is 5.12. The normalized spacial score (nSPS) is 32.9. The van der Waals surface area contributed by atoms with Crippen molar-refractivity contribution in [2.45, 2.75) is 84.2 Å². The molecule has 1 saturated heterocycles. The standard InChI is InChI=1S/C36H46N2O4/c1-34(2,3)15-16-36(42)14-13-31-29-11-7-25-21-27(40)10-12-28(25)33(29)30(22-35(31,36)4)24-5-8-26(9-6-24)37-17-19-38(20-18-37)32(41)23-39/h5-6,8-9,21,29-31,39,42H,7,10-14,17-20,22-23H2,1-4H3/t29-,30+,31-,35-,36+/m0/s1. The molecule has 2 N–H and O–H groups in total. The van der Waals surface area contributed by atoms with Crippen molar-refractivity contribution >= 4 is 17.4 Å². The van der Waals surface area contributed by atoms with E-state index in [1.165, 1.54) is 22.3 Å². The van der Waals surface area contributed by atoms with Gasteiger partial charge in [-0.3, -0.25) is 9.59 Å². The summed E-state index contributed by atoms with van der Waals surface area (Å²) in [4.78, 5) is 28.3. The number of aliphatic hydroxyl groups is 2. The van der Waals surface area contributed by atoms with Crippen molar-refractivity contribution in [2.75, 3.05) is 37.7 Å². The molecule has 2 saturated carbocycles. The highest BCUT2D eigenvalue weighted by Crippen LogP contribution is 2.66. The maximum Gasteiger partial charge on any atom is 0.248 e. The monoisotopic (exact) mass is 570 g/mol. The van der Waals surface area contributed by atoms with Crippen molar-refractivity contribution in [1.29, 1.82) is 0 Å². The van der Waals surface area contributed by atoms with Crippen LogP contribution in [0.15, 0.2) is 47.1 Å². The number of hydrogen-bond donors (Lipinski definition) is 2. The molecule has 1 amide bonds. The van der Waals surface area contributed by atoms with Gasteiger partial charge in [0.2, 0.25) is 5.91 Å². The van der Waals surface area contributed by atoms with Crippen LogP contribution in [0.25, 0.3) is 0 Å². The highest BCUT2D eigenvalue weighted by molar-refractivity contribution is 5.93. The summed E-state index contributed by atoms with van der Waals surface area (Å²) >= 11 is 0. The number of ketones is 1. The number of benzene rings is 1. The summed E-state index contributed by atoms with van der Waals surface area (Å²) in [6.45, 7) is 10.9. The second kappa shape index (κ2) is 10.7. The van der Waals surface area contributed by atoms with E-state index in [0.717, 1.165) is 50.9 Å². The fourth-order valence-corrected chi connectivity index (χ4v) is 8.69. The fourth-order valence-electron chi connectivity index (χ4n) is 8.69. The number of aliphatic hydroxyl groups excluding tert-OH is 1. The molecule has 6 rings (SSSR count). The van der Waals surface area contributed by atoms with Gasteiger partial charge in [0, 0.05) is 55.0 Å². The SMILES string of the molecule is CC(C)(C)C#C[C@]1(O)CC[C@H]2[C@@H]3CCC4=CC(=O)CCC4=C3[C@@H](c3ccc(N4CCN(C(=O)CO)CC4)cc3)C[C@@]21C. The minimum atomic E-state index is -1.01. The van der Waals surface area contributed by atoms with E-state index in [2.05, 4.69) is 68.7 Å². The number of rotatable bonds is 3. The van der Waals surface area contributed by atoms with Crippen molar-refractivity contribution < 1.29 is 19.8 Å². The first-order valence-corrected chi connectivity index (χ1v) is 15.9.